The zero-order valence-electron chi connectivity index (χ0n) is 19.5. The first-order chi connectivity index (χ1) is 15.7. The molecule has 180 valence electrons. The number of fused-ring (bicyclic) bond motifs is 1. The van der Waals surface area contributed by atoms with Crippen LogP contribution >= 0.6 is 0 Å². The lowest BCUT2D eigenvalue weighted by atomic mass is 9.87. The van der Waals surface area contributed by atoms with Crippen molar-refractivity contribution in [1.29, 1.82) is 0 Å². The quantitative estimate of drug-likeness (QED) is 0.509. The predicted octanol–water partition coefficient (Wildman–Crippen LogP) is 3.45. The number of methoxy groups -OCH3 is 1. The average molecular weight is 475 g/mol. The monoisotopic (exact) mass is 474 g/mol. The van der Waals surface area contributed by atoms with Crippen LogP contribution in [0.5, 0.6) is 5.75 Å². The first kappa shape index (κ1) is 25.2. The first-order valence-corrected chi connectivity index (χ1v) is 13.1. The van der Waals surface area contributed by atoms with Crippen molar-refractivity contribution in [3.05, 3.63) is 59.2 Å². The van der Waals surface area contributed by atoms with Gasteiger partial charge in [0.2, 0.25) is 0 Å². The summed E-state index contributed by atoms with van der Waals surface area (Å²) in [5, 5.41) is 13.0. The van der Waals surface area contributed by atoms with E-state index in [2.05, 4.69) is 12.2 Å². The number of carboxylic acids is 1. The topological polar surface area (TPSA) is 119 Å². The van der Waals surface area contributed by atoms with Crippen LogP contribution in [0.2, 0.25) is 0 Å². The second-order valence-corrected chi connectivity index (χ2v) is 10.8. The molecule has 2 aromatic rings. The predicted molar refractivity (Wildman–Crippen MR) is 128 cm³/mol. The van der Waals surface area contributed by atoms with Crippen molar-refractivity contribution >= 4 is 15.8 Å². The summed E-state index contributed by atoms with van der Waals surface area (Å²) in [5.41, 5.74) is 7.22. The van der Waals surface area contributed by atoms with Crippen molar-refractivity contribution in [1.82, 2.24) is 5.32 Å². The third-order valence-electron chi connectivity index (χ3n) is 6.55. The number of unbranched alkanes of at least 4 members (excludes halogenated alkanes) is 1. The molecule has 1 heterocycles. The molecule has 3 rings (SSSR count). The van der Waals surface area contributed by atoms with Crippen LogP contribution < -0.4 is 15.8 Å². The SMILES string of the molecule is CCCC[C@]1(CC)CS(=O)(=O)c2cc(CC(N)C(=O)O)c(OC)cc2[C@H](c2ccccc2)N1. The lowest BCUT2D eigenvalue weighted by molar-refractivity contribution is -0.138. The Bertz CT molecular complexity index is 1090. The van der Waals surface area contributed by atoms with Gasteiger partial charge in [-0.25, -0.2) is 8.42 Å². The minimum Gasteiger partial charge on any atom is -0.496 e. The Morgan fingerprint density at radius 1 is 1.27 bits per heavy atom. The Balaban J connectivity index is 2.25. The molecule has 3 atom stereocenters. The molecular weight excluding hydrogens is 440 g/mol. The van der Waals surface area contributed by atoms with Gasteiger partial charge in [-0.1, -0.05) is 57.0 Å². The largest absolute Gasteiger partial charge is 0.496 e. The number of aliphatic carboxylic acids is 1. The van der Waals surface area contributed by atoms with Gasteiger partial charge in [0, 0.05) is 12.0 Å². The Labute approximate surface area is 196 Å². The number of ether oxygens (including phenoxy) is 1. The summed E-state index contributed by atoms with van der Waals surface area (Å²) >= 11 is 0. The number of carboxylic acid groups (broad SMARTS) is 1. The van der Waals surface area contributed by atoms with Crippen molar-refractivity contribution in [2.45, 2.75) is 68.5 Å². The highest BCUT2D eigenvalue weighted by atomic mass is 32.2. The molecule has 2 aromatic carbocycles. The molecule has 0 aromatic heterocycles. The lowest BCUT2D eigenvalue weighted by Gasteiger charge is -2.36. The maximum Gasteiger partial charge on any atom is 0.320 e. The molecular formula is C25H34N2O5S. The van der Waals surface area contributed by atoms with Gasteiger partial charge in [-0.2, -0.15) is 0 Å². The van der Waals surface area contributed by atoms with E-state index in [0.29, 0.717) is 23.3 Å². The number of rotatable bonds is 9. The third kappa shape index (κ3) is 5.39. The smallest absolute Gasteiger partial charge is 0.320 e. The van der Waals surface area contributed by atoms with Crippen molar-refractivity contribution in [3.63, 3.8) is 0 Å². The summed E-state index contributed by atoms with van der Waals surface area (Å²) in [6.07, 6.45) is 3.26. The molecule has 0 saturated carbocycles. The number of hydrogen-bond donors (Lipinski definition) is 3. The second kappa shape index (κ2) is 10.2. The van der Waals surface area contributed by atoms with Gasteiger partial charge in [-0.05, 0) is 41.7 Å². The van der Waals surface area contributed by atoms with E-state index < -0.39 is 27.4 Å². The number of nitrogens with two attached hydrogens (primary N) is 1. The van der Waals surface area contributed by atoms with E-state index in [9.17, 15) is 18.3 Å². The standard InChI is InChI=1S/C25H34N2O5S/c1-4-6-12-25(5-2)16-33(30,31)22-14-18(13-20(26)24(28)29)21(32-3)15-19(22)23(27-25)17-10-8-7-9-11-17/h7-11,14-15,20,23,27H,4-6,12-13,16,26H2,1-3H3,(H,28,29)/t20?,23-,25+/m0/s1. The molecule has 0 radical (unpaired) electrons. The van der Waals surface area contributed by atoms with Gasteiger partial charge < -0.3 is 15.6 Å². The van der Waals surface area contributed by atoms with Crippen LogP contribution in [0.4, 0.5) is 0 Å². The van der Waals surface area contributed by atoms with Crippen LogP contribution in [0.1, 0.15) is 62.3 Å². The molecule has 0 aliphatic carbocycles. The highest BCUT2D eigenvalue weighted by Gasteiger charge is 2.42. The van der Waals surface area contributed by atoms with Crippen LogP contribution in [0.3, 0.4) is 0 Å². The van der Waals surface area contributed by atoms with E-state index in [-0.39, 0.29) is 23.1 Å². The fourth-order valence-corrected chi connectivity index (χ4v) is 6.77. The summed E-state index contributed by atoms with van der Waals surface area (Å²) in [6.45, 7) is 4.12. The van der Waals surface area contributed by atoms with Gasteiger partial charge in [0.05, 0.1) is 23.8 Å². The van der Waals surface area contributed by atoms with Gasteiger partial charge in [0.1, 0.15) is 11.8 Å². The van der Waals surface area contributed by atoms with Crippen molar-refractivity contribution in [3.8, 4) is 5.75 Å². The van der Waals surface area contributed by atoms with E-state index in [0.717, 1.165) is 24.8 Å². The van der Waals surface area contributed by atoms with Crippen LogP contribution in [0, 0.1) is 0 Å². The average Bonchev–Trinajstić information content (AvgIpc) is 2.90. The molecule has 0 fully saturated rings. The number of hydrogen-bond acceptors (Lipinski definition) is 6. The maximum absolute atomic E-state index is 13.8. The summed E-state index contributed by atoms with van der Waals surface area (Å²) in [4.78, 5) is 11.6. The fourth-order valence-electron chi connectivity index (χ4n) is 4.60. The minimum absolute atomic E-state index is 0.0242. The normalized spacial score (nSPS) is 22.7. The molecule has 0 saturated heterocycles. The Kier molecular flexibility index (Phi) is 7.82. The molecule has 7 nitrogen and oxygen atoms in total. The molecule has 1 aliphatic heterocycles. The zero-order chi connectivity index (χ0) is 24.2. The van der Waals surface area contributed by atoms with E-state index in [1.54, 1.807) is 12.1 Å². The summed E-state index contributed by atoms with van der Waals surface area (Å²) in [6, 6.07) is 11.6. The summed E-state index contributed by atoms with van der Waals surface area (Å²) < 4.78 is 33.1. The maximum atomic E-state index is 13.8. The van der Waals surface area contributed by atoms with E-state index >= 15 is 0 Å². The zero-order valence-corrected chi connectivity index (χ0v) is 20.3. The molecule has 8 heteroatoms. The van der Waals surface area contributed by atoms with Gasteiger partial charge in [-0.3, -0.25) is 10.1 Å². The molecule has 33 heavy (non-hydrogen) atoms. The third-order valence-corrected chi connectivity index (χ3v) is 8.51. The van der Waals surface area contributed by atoms with Crippen molar-refractivity contribution < 1.29 is 23.1 Å². The van der Waals surface area contributed by atoms with Crippen LogP contribution in [0.15, 0.2) is 47.4 Å². The summed E-state index contributed by atoms with van der Waals surface area (Å²) in [7, 11) is -2.19. The van der Waals surface area contributed by atoms with Crippen molar-refractivity contribution in [2.24, 2.45) is 5.73 Å². The molecule has 1 aliphatic rings. The van der Waals surface area contributed by atoms with Crippen LogP contribution in [0.25, 0.3) is 0 Å². The van der Waals surface area contributed by atoms with Gasteiger partial charge in [-0.15, -0.1) is 0 Å². The van der Waals surface area contributed by atoms with E-state index in [4.69, 9.17) is 10.5 Å². The minimum atomic E-state index is -3.68. The molecule has 0 amide bonds. The second-order valence-electron chi connectivity index (χ2n) is 8.84. The molecule has 4 N–H and O–H groups in total. The first-order valence-electron chi connectivity index (χ1n) is 11.4. The van der Waals surface area contributed by atoms with Crippen LogP contribution in [-0.2, 0) is 21.1 Å². The number of sulfone groups is 1. The van der Waals surface area contributed by atoms with Crippen molar-refractivity contribution in [2.75, 3.05) is 12.9 Å². The van der Waals surface area contributed by atoms with Gasteiger partial charge in [0.25, 0.3) is 0 Å². The Hall–Kier alpha value is -2.42. The fraction of sp³-hybridized carbons (Fsp3) is 0.480. The van der Waals surface area contributed by atoms with E-state index in [1.807, 2.05) is 37.3 Å². The van der Waals surface area contributed by atoms with E-state index in [1.165, 1.54) is 7.11 Å². The highest BCUT2D eigenvalue weighted by Crippen LogP contribution is 2.41. The lowest BCUT2D eigenvalue weighted by Crippen LogP contribution is -2.50. The number of nitrogens with one attached hydrogen (secondary N) is 1. The Morgan fingerprint density at radius 2 is 1.97 bits per heavy atom. The summed E-state index contributed by atoms with van der Waals surface area (Å²) in [5.74, 6) is -0.743. The Morgan fingerprint density at radius 3 is 2.55 bits per heavy atom. The molecule has 1 unspecified atom stereocenters. The molecule has 0 bridgehead atoms. The van der Waals surface area contributed by atoms with Gasteiger partial charge >= 0.3 is 5.97 Å². The number of benzene rings is 2. The highest BCUT2D eigenvalue weighted by molar-refractivity contribution is 7.91. The van der Waals surface area contributed by atoms with Crippen LogP contribution in [-0.4, -0.2) is 43.9 Å². The number of carbonyl (C=O) groups is 1. The van der Waals surface area contributed by atoms with Gasteiger partial charge in [0.15, 0.2) is 9.84 Å². The molecule has 0 spiro atoms.